The van der Waals surface area contributed by atoms with Crippen LogP contribution < -0.4 is 5.32 Å². The van der Waals surface area contributed by atoms with Crippen LogP contribution in [0.1, 0.15) is 247 Å². The van der Waals surface area contributed by atoms with Gasteiger partial charge >= 0.3 is 12.1 Å². The quantitative estimate of drug-likeness (QED) is 0.0509. The number of amides is 1. The maximum absolute atomic E-state index is 13.7. The SMILES string of the molecule is CC(C)(O)[C@@H]1CC[C@](C)([C@H]2[C@@H](O)C[C@@]3(C)C4C[C@H](O)[C@H]5C(C)(C)[C@@H](O)CC[C@@]56CC46CC[C@]23C)O1.CC(C)[C@H](NC(=O)OC(C)(C)C)C(=O)O[C@H]1CC[C@]23CC24CC[C@]2(C)[C@@H]([C@@]5(C)CC[C@@H](C(C)(C)O)O5)[C@@H](O)C[C@@]2(C)C4C[C@H](O)[C@H]3C1(C)C.Oc1c(F)c(F)c(F)c(F)c1F. The molecule has 10 aliphatic carbocycles. The number of carbonyl (C=O) groups is 2. The smallest absolute Gasteiger partial charge is 0.408 e. The molecule has 1 aromatic carbocycles. The number of alkyl carbamates (subject to hydrolysis) is 1. The first-order chi connectivity index (χ1) is 43.7. The summed E-state index contributed by atoms with van der Waals surface area (Å²) >= 11 is 0. The summed E-state index contributed by atoms with van der Waals surface area (Å²) in [7, 11) is 0. The predicted molar refractivity (Wildman–Crippen MR) is 349 cm³/mol. The molecule has 13 rings (SSSR count). The fourth-order valence-corrected chi connectivity index (χ4v) is 26.2. The van der Waals surface area contributed by atoms with E-state index in [1.807, 2.05) is 41.5 Å². The maximum Gasteiger partial charge on any atom is 0.408 e. The largest absolute Gasteiger partial charge is 0.503 e. The average molecular weight is 1360 g/mol. The van der Waals surface area contributed by atoms with Gasteiger partial charge < -0.3 is 65.1 Å². The third-order valence-corrected chi connectivity index (χ3v) is 30.5. The molecule has 15 nitrogen and oxygen atoms in total. The second-order valence-electron chi connectivity index (χ2n) is 38.5. The van der Waals surface area contributed by atoms with Crippen LogP contribution in [0, 0.1) is 125 Å². The summed E-state index contributed by atoms with van der Waals surface area (Å²) in [4.78, 5) is 26.3. The standard InChI is InChI=1S/C40H67NO8.C30H50O5.C6HF5O/c1-22(2)28(41-32(45)49-33(3,4)5)31(44)47-26-14-16-40-21-39(40)18-17-36(10)30(38(12)15-13-27(48-38)35(8,9)46)24(43)20-37(36,11)25(39)19-23(42)29(40)34(26,6)7;1-24(2)20(33)8-11-30-16-29(30)13-12-26(5)23(28(7)10-9-21(35-28)25(3,4)34)18(32)15-27(26,6)19(29)14-17(31)22(24)30;7-1-2(8)4(10)6(12)5(11)3(1)9/h22-30,42-43,46H,13-21H2,1-12H3,(H,41,45);17-23,31-34H,8-16H2,1-7H3;12H/t23-,24-,25?,26-,27-,28-,29-,30-,36+,37-,38+,39?,40+;17-,18-,19?,20-,21-,22-,23-,26+,27-,28+,29?,30+;/m00./s1. The number of esters is 1. The third-order valence-electron chi connectivity index (χ3n) is 30.5. The summed E-state index contributed by atoms with van der Waals surface area (Å²) in [6.07, 6.45) is 12.6. The van der Waals surface area contributed by atoms with E-state index in [0.717, 1.165) is 96.3 Å². The monoisotopic (exact) mass is 1360 g/mol. The minimum absolute atomic E-state index is 0.0163. The molecular weight excluding hydrogens is 1250 g/mol. The van der Waals surface area contributed by atoms with Crippen LogP contribution in [0.15, 0.2) is 0 Å². The number of ether oxygens (including phenoxy) is 4. The third kappa shape index (κ3) is 10.6. The first-order valence-corrected chi connectivity index (χ1v) is 36.3. The van der Waals surface area contributed by atoms with Gasteiger partial charge in [-0.05, 0) is 256 Å². The van der Waals surface area contributed by atoms with E-state index in [1.165, 1.54) is 6.42 Å². The van der Waals surface area contributed by atoms with Crippen molar-refractivity contribution in [2.75, 3.05) is 0 Å². The van der Waals surface area contributed by atoms with Crippen molar-refractivity contribution in [1.82, 2.24) is 5.32 Å². The Kier molecular flexibility index (Phi) is 17.8. The first-order valence-electron chi connectivity index (χ1n) is 36.3. The van der Waals surface area contributed by atoms with Crippen LogP contribution in [-0.2, 0) is 23.7 Å². The molecule has 12 aliphatic rings. The van der Waals surface area contributed by atoms with E-state index < -0.39 is 111 Å². The second kappa shape index (κ2) is 23.0. The number of carbonyl (C=O) groups excluding carboxylic acids is 2. The predicted octanol–water partition coefficient (Wildman–Crippen LogP) is 13.1. The molecule has 0 bridgehead atoms. The van der Waals surface area contributed by atoms with Crippen molar-refractivity contribution in [2.24, 2.45) is 95.6 Å². The lowest BCUT2D eigenvalue weighted by atomic mass is 9.41. The molecule has 0 aromatic heterocycles. The number of phenolic OH excluding ortho intramolecular Hbond substituents is 1. The number of fused-ring (bicyclic) bond motifs is 4. The van der Waals surface area contributed by atoms with Crippen molar-refractivity contribution in [2.45, 2.75) is 330 Å². The van der Waals surface area contributed by atoms with Crippen LogP contribution >= 0.6 is 0 Å². The van der Waals surface area contributed by atoms with Gasteiger partial charge in [-0.1, -0.05) is 69.2 Å². The fourth-order valence-electron chi connectivity index (χ4n) is 26.2. The summed E-state index contributed by atoms with van der Waals surface area (Å²) in [6.45, 7) is 39.1. The van der Waals surface area contributed by atoms with Crippen LogP contribution in [0.5, 0.6) is 5.75 Å². The number of nitrogens with one attached hydrogen (secondary N) is 1. The number of rotatable bonds is 8. The highest BCUT2D eigenvalue weighted by Crippen LogP contribution is 2.91. The number of halogens is 5. The molecule has 1 amide bonds. The Morgan fingerprint density at radius 2 is 0.906 bits per heavy atom. The zero-order chi connectivity index (χ0) is 71.6. The normalized spacial score (nSPS) is 47.9. The van der Waals surface area contributed by atoms with Gasteiger partial charge in [-0.3, -0.25) is 0 Å². The van der Waals surface area contributed by atoms with Crippen molar-refractivity contribution in [1.29, 1.82) is 0 Å². The second-order valence-corrected chi connectivity index (χ2v) is 38.5. The molecule has 4 unspecified atom stereocenters. The van der Waals surface area contributed by atoms with Gasteiger partial charge in [0, 0.05) is 17.3 Å². The number of hydrogen-bond donors (Lipinski definition) is 9. The highest BCUT2D eigenvalue weighted by molar-refractivity contribution is 5.82. The van der Waals surface area contributed by atoms with E-state index in [9.17, 15) is 67.3 Å². The van der Waals surface area contributed by atoms with Crippen molar-refractivity contribution in [3.05, 3.63) is 29.1 Å². The maximum atomic E-state index is 13.7. The highest BCUT2D eigenvalue weighted by Gasteiger charge is 2.87. The van der Waals surface area contributed by atoms with Crippen LogP contribution in [-0.4, -0.2) is 136 Å². The fraction of sp³-hybridized carbons (Fsp3) is 0.895. The highest BCUT2D eigenvalue weighted by atomic mass is 19.2. The molecule has 4 spiro atoms. The van der Waals surface area contributed by atoms with Crippen LogP contribution in [0.25, 0.3) is 0 Å². The molecule has 2 saturated heterocycles. The molecule has 20 heteroatoms. The van der Waals surface area contributed by atoms with Crippen LogP contribution in [0.3, 0.4) is 0 Å². The number of hydrogen-bond acceptors (Lipinski definition) is 14. The topological polar surface area (TPSA) is 245 Å². The molecule has 2 heterocycles. The van der Waals surface area contributed by atoms with Crippen LogP contribution in [0.4, 0.5) is 26.7 Å². The van der Waals surface area contributed by atoms with E-state index in [0.29, 0.717) is 18.8 Å². The van der Waals surface area contributed by atoms with E-state index in [1.54, 1.807) is 20.8 Å². The Balaban J connectivity index is 0.000000172. The van der Waals surface area contributed by atoms with Gasteiger partial charge in [-0.25, -0.2) is 22.8 Å². The number of aliphatic hydroxyl groups excluding tert-OH is 5. The zero-order valence-electron chi connectivity index (χ0n) is 60.9. The van der Waals surface area contributed by atoms with Crippen LogP contribution in [0.2, 0.25) is 0 Å². The van der Waals surface area contributed by atoms with E-state index in [2.05, 4.69) is 74.6 Å². The van der Waals surface area contributed by atoms with Gasteiger partial charge in [0.25, 0.3) is 0 Å². The zero-order valence-corrected chi connectivity index (χ0v) is 60.9. The van der Waals surface area contributed by atoms with Gasteiger partial charge in [0.15, 0.2) is 5.75 Å². The Morgan fingerprint density at radius 1 is 0.510 bits per heavy atom. The Morgan fingerprint density at radius 3 is 1.29 bits per heavy atom. The summed E-state index contributed by atoms with van der Waals surface area (Å²) in [5.74, 6) is -12.8. The number of benzene rings is 1. The average Bonchev–Trinajstić information content (AvgIpc) is 1.46. The lowest BCUT2D eigenvalue weighted by Crippen LogP contribution is -2.62. The van der Waals surface area contributed by atoms with Crippen molar-refractivity contribution in [3.8, 4) is 5.75 Å². The van der Waals surface area contributed by atoms with Gasteiger partial charge in [0.2, 0.25) is 29.1 Å². The summed E-state index contributed by atoms with van der Waals surface area (Å²) in [6, 6.07) is -0.836. The molecule has 25 atom stereocenters. The minimum Gasteiger partial charge on any atom is -0.503 e. The Bertz CT molecular complexity index is 3100. The van der Waals surface area contributed by atoms with Gasteiger partial charge in [0.05, 0.1) is 65.1 Å². The molecular formula is C76H118F5NO14. The van der Waals surface area contributed by atoms with E-state index in [4.69, 9.17) is 24.1 Å². The van der Waals surface area contributed by atoms with Crippen molar-refractivity contribution in [3.63, 3.8) is 0 Å². The molecule has 546 valence electrons. The molecule has 12 fully saturated rings. The van der Waals surface area contributed by atoms with Gasteiger partial charge in [-0.15, -0.1) is 0 Å². The lowest BCUT2D eigenvalue weighted by Gasteiger charge is -2.64. The number of phenols is 1. The molecule has 9 N–H and O–H groups in total. The molecule has 1 aromatic rings. The van der Waals surface area contributed by atoms with Crippen molar-refractivity contribution < 1.29 is 91.3 Å². The molecule has 96 heavy (non-hydrogen) atoms. The van der Waals surface area contributed by atoms with E-state index >= 15 is 0 Å². The molecule has 10 saturated carbocycles. The number of aliphatic hydroxyl groups is 7. The van der Waals surface area contributed by atoms with Gasteiger partial charge in [0.1, 0.15) is 17.7 Å². The van der Waals surface area contributed by atoms with E-state index in [-0.39, 0.29) is 109 Å². The lowest BCUT2D eigenvalue weighted by molar-refractivity contribution is -0.218. The molecule has 0 radical (unpaired) electrons. The summed E-state index contributed by atoms with van der Waals surface area (Å²) in [5, 5.41) is 91.0. The Labute approximate surface area is 566 Å². The van der Waals surface area contributed by atoms with Gasteiger partial charge in [-0.2, -0.15) is 8.78 Å². The minimum atomic E-state index is -2.29. The summed E-state index contributed by atoms with van der Waals surface area (Å²) < 4.78 is 85.8. The number of aromatic hydroxyl groups is 1. The first kappa shape index (κ1) is 74.2. The molecule has 2 aliphatic heterocycles. The summed E-state index contributed by atoms with van der Waals surface area (Å²) in [5.41, 5.74) is -4.23. The van der Waals surface area contributed by atoms with Crippen molar-refractivity contribution >= 4 is 12.1 Å². The Hall–Kier alpha value is -2.95.